The zero-order valence-electron chi connectivity index (χ0n) is 10.7. The van der Waals surface area contributed by atoms with E-state index in [2.05, 4.69) is 4.74 Å². The molecule has 2 aliphatic rings. The lowest BCUT2D eigenvalue weighted by Gasteiger charge is -2.31. The molecule has 6 nitrogen and oxygen atoms in total. The van der Waals surface area contributed by atoms with Gasteiger partial charge in [-0.1, -0.05) is 0 Å². The highest BCUT2D eigenvalue weighted by Gasteiger charge is 2.73. The van der Waals surface area contributed by atoms with E-state index in [4.69, 9.17) is 5.11 Å². The van der Waals surface area contributed by atoms with Crippen molar-refractivity contribution in [2.45, 2.75) is 36.7 Å². The van der Waals surface area contributed by atoms with E-state index in [1.165, 1.54) is 0 Å². The van der Waals surface area contributed by atoms with Gasteiger partial charge in [0, 0.05) is 6.20 Å². The Morgan fingerprint density at radius 3 is 2.45 bits per heavy atom. The zero-order valence-corrected chi connectivity index (χ0v) is 10.7. The summed E-state index contributed by atoms with van der Waals surface area (Å²) in [5.41, 5.74) is -3.75. The van der Waals surface area contributed by atoms with Gasteiger partial charge in [0.1, 0.15) is 0 Å². The lowest BCUT2D eigenvalue weighted by atomic mass is 9.95. The normalized spacial score (nSPS) is 35.3. The molecule has 0 unspecified atom stereocenters. The summed E-state index contributed by atoms with van der Waals surface area (Å²) in [5, 5.41) is 18.4. The topological polar surface area (TPSA) is 87.1 Å². The summed E-state index contributed by atoms with van der Waals surface area (Å²) in [7, 11) is 0. The minimum Gasteiger partial charge on any atom is -0.393 e. The second-order valence-electron chi connectivity index (χ2n) is 4.80. The minimum absolute atomic E-state index is 0.106. The summed E-state index contributed by atoms with van der Waals surface area (Å²) in [6.07, 6.45) is -10.1. The van der Waals surface area contributed by atoms with Crippen molar-refractivity contribution in [1.29, 1.82) is 0 Å². The van der Waals surface area contributed by atoms with Gasteiger partial charge in [0.2, 0.25) is 17.3 Å². The van der Waals surface area contributed by atoms with Crippen LogP contribution in [0.5, 0.6) is 0 Å². The number of amides is 1. The molecule has 1 saturated heterocycles. The second kappa shape index (κ2) is 5.25. The average Bonchev–Trinajstić information content (AvgIpc) is 2.63. The molecule has 2 aliphatic heterocycles. The van der Waals surface area contributed by atoms with E-state index < -0.39 is 60.8 Å². The zero-order chi connectivity index (χ0) is 16.9. The Morgan fingerprint density at radius 2 is 2.00 bits per heavy atom. The third-order valence-electron chi connectivity index (χ3n) is 3.52. The maximum Gasteiger partial charge on any atom is 0.314 e. The van der Waals surface area contributed by atoms with Crippen molar-refractivity contribution in [2.24, 2.45) is 0 Å². The number of ether oxygens (including phenoxy) is 1. The van der Waals surface area contributed by atoms with Crippen molar-refractivity contribution >= 4 is 11.7 Å². The molecule has 2 heterocycles. The first-order chi connectivity index (χ1) is 10.1. The molecule has 0 radical (unpaired) electrons. The van der Waals surface area contributed by atoms with Crippen molar-refractivity contribution in [1.82, 2.24) is 4.90 Å². The number of rotatable bonds is 3. The van der Waals surface area contributed by atoms with Crippen LogP contribution in [0.15, 0.2) is 12.0 Å². The van der Waals surface area contributed by atoms with Crippen molar-refractivity contribution in [2.75, 3.05) is 6.61 Å². The molecule has 0 spiro atoms. The number of aliphatic hydroxyl groups excluding tert-OH is 2. The van der Waals surface area contributed by atoms with Crippen molar-refractivity contribution in [3.63, 3.8) is 0 Å². The Morgan fingerprint density at radius 1 is 1.41 bits per heavy atom. The number of carbonyl (C=O) groups excluding carboxylic acids is 2. The van der Waals surface area contributed by atoms with Crippen LogP contribution < -0.4 is 0 Å². The molecule has 2 N–H and O–H groups in total. The van der Waals surface area contributed by atoms with Gasteiger partial charge >= 0.3 is 5.92 Å². The van der Waals surface area contributed by atoms with E-state index in [1.807, 2.05) is 0 Å². The van der Waals surface area contributed by atoms with Crippen LogP contribution >= 0.6 is 0 Å². The van der Waals surface area contributed by atoms with Gasteiger partial charge in [0.15, 0.2) is 18.2 Å². The predicted octanol–water partition coefficient (Wildman–Crippen LogP) is -0.0526. The molecule has 1 fully saturated rings. The highest BCUT2D eigenvalue weighted by Crippen LogP contribution is 2.48. The Labute approximate surface area is 119 Å². The van der Waals surface area contributed by atoms with Crippen LogP contribution in [0.1, 0.15) is 6.42 Å². The number of nitrogens with zero attached hydrogens (tertiary/aromatic N) is 1. The Balaban J connectivity index is 2.42. The van der Waals surface area contributed by atoms with Crippen LogP contribution in [-0.2, 0) is 14.3 Å². The van der Waals surface area contributed by atoms with Crippen LogP contribution in [0.25, 0.3) is 0 Å². The van der Waals surface area contributed by atoms with E-state index in [9.17, 15) is 36.6 Å². The molecule has 0 aromatic carbocycles. The first-order valence-corrected chi connectivity index (χ1v) is 5.93. The van der Waals surface area contributed by atoms with Gasteiger partial charge in [0.05, 0.1) is 13.0 Å². The Kier molecular flexibility index (Phi) is 4.00. The molecule has 0 aromatic rings. The smallest absolute Gasteiger partial charge is 0.314 e. The minimum atomic E-state index is -4.62. The largest absolute Gasteiger partial charge is 0.393 e. The molecule has 22 heavy (non-hydrogen) atoms. The van der Waals surface area contributed by atoms with Gasteiger partial charge in [-0.25, -0.2) is 13.2 Å². The molecule has 124 valence electrons. The Bertz CT molecular complexity index is 539. The van der Waals surface area contributed by atoms with E-state index >= 15 is 0 Å². The molecular weight excluding hydrogens is 321 g/mol. The molecule has 0 bridgehead atoms. The molecule has 0 saturated carbocycles. The number of ketones is 1. The number of allylic oxidation sites excluding steroid dienone is 1. The maximum atomic E-state index is 13.9. The molecule has 11 heteroatoms. The number of Topliss-reactive ketones (excluding diaryl/α,β-unsaturated/α-hetero) is 1. The Hall–Kier alpha value is -1.59. The van der Waals surface area contributed by atoms with E-state index in [1.54, 1.807) is 0 Å². The fraction of sp³-hybridized carbons (Fsp3) is 0.636. The third kappa shape index (κ3) is 2.11. The maximum absolute atomic E-state index is 13.9. The summed E-state index contributed by atoms with van der Waals surface area (Å²) < 4.78 is 71.2. The molecule has 1 amide bonds. The van der Waals surface area contributed by atoms with Gasteiger partial charge in [-0.2, -0.15) is 8.78 Å². The highest BCUT2D eigenvalue weighted by atomic mass is 19.3. The molecule has 0 aromatic heterocycles. The number of hydrogen-bond donors (Lipinski definition) is 2. The summed E-state index contributed by atoms with van der Waals surface area (Å²) >= 11 is 0. The fourth-order valence-electron chi connectivity index (χ4n) is 2.20. The SMILES string of the molecule is O=C1CC(=O)N([C@@H]2O[C@@](CO)(C(F)F)C(F)(F)[C@H]2O)C=C1F. The summed E-state index contributed by atoms with van der Waals surface area (Å²) in [6.45, 7) is -1.85. The van der Waals surface area contributed by atoms with Gasteiger partial charge in [-0.3, -0.25) is 14.5 Å². The van der Waals surface area contributed by atoms with Gasteiger partial charge < -0.3 is 14.9 Å². The number of alkyl halides is 4. The summed E-state index contributed by atoms with van der Waals surface area (Å²) in [6, 6.07) is 0. The quantitative estimate of drug-likeness (QED) is 0.559. The van der Waals surface area contributed by atoms with Crippen molar-refractivity contribution < 1.29 is 46.5 Å². The molecule has 0 aliphatic carbocycles. The number of hydrogen-bond acceptors (Lipinski definition) is 5. The fourth-order valence-corrected chi connectivity index (χ4v) is 2.20. The van der Waals surface area contributed by atoms with E-state index in [0.717, 1.165) is 0 Å². The van der Waals surface area contributed by atoms with Crippen molar-refractivity contribution in [3.05, 3.63) is 12.0 Å². The lowest BCUT2D eigenvalue weighted by molar-refractivity contribution is -0.245. The first-order valence-electron chi connectivity index (χ1n) is 5.93. The third-order valence-corrected chi connectivity index (χ3v) is 3.52. The van der Waals surface area contributed by atoms with Crippen LogP contribution in [-0.4, -0.2) is 63.7 Å². The molecular formula is C11H10F5NO5. The summed E-state index contributed by atoms with van der Waals surface area (Å²) in [5.74, 6) is -8.53. The second-order valence-corrected chi connectivity index (χ2v) is 4.80. The number of carbonyl (C=O) groups is 2. The van der Waals surface area contributed by atoms with Gasteiger partial charge in [0.25, 0.3) is 6.43 Å². The van der Waals surface area contributed by atoms with Gasteiger partial charge in [-0.05, 0) is 0 Å². The average molecular weight is 331 g/mol. The molecule has 3 atom stereocenters. The number of aliphatic hydroxyl groups is 2. The van der Waals surface area contributed by atoms with Crippen LogP contribution in [0.3, 0.4) is 0 Å². The highest BCUT2D eigenvalue weighted by molar-refractivity contribution is 6.08. The van der Waals surface area contributed by atoms with Crippen LogP contribution in [0, 0.1) is 0 Å². The van der Waals surface area contributed by atoms with Crippen LogP contribution in [0.4, 0.5) is 22.0 Å². The molecule has 2 rings (SSSR count). The van der Waals surface area contributed by atoms with E-state index in [0.29, 0.717) is 0 Å². The monoisotopic (exact) mass is 331 g/mol. The first kappa shape index (κ1) is 16.8. The summed E-state index contributed by atoms with van der Waals surface area (Å²) in [4.78, 5) is 22.6. The standard InChI is InChI=1S/C11H10F5NO5/c12-4-2-17(6(20)1-5(4)19)8-7(21)11(15,16)10(3-18,22-8)9(13)14/h2,7-9,18,21H,1,3H2/t7-,8+,10-/m0/s1. The van der Waals surface area contributed by atoms with Crippen molar-refractivity contribution in [3.8, 4) is 0 Å². The number of halogens is 5. The lowest BCUT2D eigenvalue weighted by Crippen LogP contribution is -2.57. The van der Waals surface area contributed by atoms with Gasteiger partial charge in [-0.15, -0.1) is 0 Å². The predicted molar refractivity (Wildman–Crippen MR) is 57.3 cm³/mol. The van der Waals surface area contributed by atoms with E-state index in [-0.39, 0.29) is 11.1 Å². The van der Waals surface area contributed by atoms with Crippen LogP contribution in [0.2, 0.25) is 0 Å².